The summed E-state index contributed by atoms with van der Waals surface area (Å²) >= 11 is 4.89. The number of nitrogens with zero attached hydrogens (tertiary/aromatic N) is 2. The highest BCUT2D eigenvalue weighted by molar-refractivity contribution is 9.10. The second kappa shape index (κ2) is 7.33. The van der Waals surface area contributed by atoms with Gasteiger partial charge in [0, 0.05) is 4.47 Å². The first-order valence-electron chi connectivity index (χ1n) is 8.19. The SMILES string of the molecule is CCOC(=O)C1=C(C)N=C2SC(CC)C(=O)N2C1c1ccc(Br)cc1. The molecule has 0 radical (unpaired) electrons. The number of amidine groups is 1. The molecule has 0 aliphatic carbocycles. The van der Waals surface area contributed by atoms with E-state index in [2.05, 4.69) is 20.9 Å². The molecule has 0 spiro atoms. The molecule has 0 N–H and O–H groups in total. The number of hydrogen-bond acceptors (Lipinski definition) is 5. The molecular weight excluding hydrogens is 404 g/mol. The zero-order valence-corrected chi connectivity index (χ0v) is 16.7. The lowest BCUT2D eigenvalue weighted by Crippen LogP contribution is -2.40. The van der Waals surface area contributed by atoms with Crippen molar-refractivity contribution in [3.63, 3.8) is 0 Å². The molecule has 0 bridgehead atoms. The third-order valence-corrected chi connectivity index (χ3v) is 6.05. The monoisotopic (exact) mass is 422 g/mol. The number of carbonyl (C=O) groups excluding carboxylic acids is 2. The number of thioether (sulfide) groups is 1. The van der Waals surface area contributed by atoms with Crippen molar-refractivity contribution in [2.24, 2.45) is 4.99 Å². The van der Waals surface area contributed by atoms with Gasteiger partial charge in [-0.3, -0.25) is 9.69 Å². The molecule has 1 aromatic rings. The predicted molar refractivity (Wildman–Crippen MR) is 102 cm³/mol. The van der Waals surface area contributed by atoms with Gasteiger partial charge in [-0.1, -0.05) is 46.7 Å². The van der Waals surface area contributed by atoms with E-state index in [1.807, 2.05) is 31.2 Å². The largest absolute Gasteiger partial charge is 0.463 e. The third kappa shape index (κ3) is 3.27. The fourth-order valence-electron chi connectivity index (χ4n) is 3.02. The average Bonchev–Trinajstić information content (AvgIpc) is 2.90. The summed E-state index contributed by atoms with van der Waals surface area (Å²) in [5.74, 6) is -0.429. The molecule has 7 heteroatoms. The van der Waals surface area contributed by atoms with E-state index in [0.29, 0.717) is 16.4 Å². The Hall–Kier alpha value is -1.60. The molecule has 2 aliphatic rings. The van der Waals surface area contributed by atoms with Crippen molar-refractivity contribution in [3.05, 3.63) is 45.6 Å². The first-order chi connectivity index (χ1) is 12.0. The second-order valence-corrected chi connectivity index (χ2v) is 7.88. The van der Waals surface area contributed by atoms with Gasteiger partial charge in [0.1, 0.15) is 0 Å². The first kappa shape index (κ1) is 18.2. The van der Waals surface area contributed by atoms with E-state index in [1.54, 1.807) is 18.7 Å². The smallest absolute Gasteiger partial charge is 0.338 e. The highest BCUT2D eigenvalue weighted by atomic mass is 79.9. The molecule has 2 heterocycles. The van der Waals surface area contributed by atoms with E-state index >= 15 is 0 Å². The average molecular weight is 423 g/mol. The van der Waals surface area contributed by atoms with E-state index in [4.69, 9.17) is 4.74 Å². The van der Waals surface area contributed by atoms with Crippen molar-refractivity contribution in [1.82, 2.24) is 4.90 Å². The Balaban J connectivity index is 2.13. The van der Waals surface area contributed by atoms with Crippen molar-refractivity contribution in [2.45, 2.75) is 38.5 Å². The number of allylic oxidation sites excluding steroid dienone is 1. The summed E-state index contributed by atoms with van der Waals surface area (Å²) in [4.78, 5) is 31.7. The summed E-state index contributed by atoms with van der Waals surface area (Å²) in [6, 6.07) is 7.15. The van der Waals surface area contributed by atoms with E-state index in [9.17, 15) is 9.59 Å². The zero-order valence-electron chi connectivity index (χ0n) is 14.3. The van der Waals surface area contributed by atoms with Crippen molar-refractivity contribution >= 4 is 44.7 Å². The number of carbonyl (C=O) groups is 2. The summed E-state index contributed by atoms with van der Waals surface area (Å²) in [6.45, 7) is 5.83. The van der Waals surface area contributed by atoms with Crippen LogP contribution in [0, 0.1) is 0 Å². The molecule has 1 aromatic carbocycles. The van der Waals surface area contributed by atoms with Crippen LogP contribution in [0.25, 0.3) is 0 Å². The van der Waals surface area contributed by atoms with Gasteiger partial charge in [0.25, 0.3) is 0 Å². The summed E-state index contributed by atoms with van der Waals surface area (Å²) in [5.41, 5.74) is 1.90. The fraction of sp³-hybridized carbons (Fsp3) is 0.389. The van der Waals surface area contributed by atoms with Gasteiger partial charge >= 0.3 is 5.97 Å². The lowest BCUT2D eigenvalue weighted by molar-refractivity contribution is -0.139. The Labute approximate surface area is 159 Å². The van der Waals surface area contributed by atoms with Crippen LogP contribution in [0.4, 0.5) is 0 Å². The topological polar surface area (TPSA) is 59.0 Å². The number of amides is 1. The minimum Gasteiger partial charge on any atom is -0.463 e. The number of hydrogen-bond donors (Lipinski definition) is 0. The van der Waals surface area contributed by atoms with Crippen LogP contribution in [-0.4, -0.2) is 33.8 Å². The number of rotatable bonds is 4. The van der Waals surface area contributed by atoms with Crippen LogP contribution in [0.2, 0.25) is 0 Å². The van der Waals surface area contributed by atoms with Crippen LogP contribution < -0.4 is 0 Å². The molecule has 5 nitrogen and oxygen atoms in total. The fourth-order valence-corrected chi connectivity index (χ4v) is 4.42. The number of ether oxygens (including phenoxy) is 1. The molecule has 2 atom stereocenters. The molecule has 2 aliphatic heterocycles. The third-order valence-electron chi connectivity index (χ3n) is 4.20. The van der Waals surface area contributed by atoms with Crippen molar-refractivity contribution in [2.75, 3.05) is 6.61 Å². The Morgan fingerprint density at radius 1 is 1.32 bits per heavy atom. The molecule has 0 aromatic heterocycles. The molecule has 1 saturated heterocycles. The lowest BCUT2D eigenvalue weighted by Gasteiger charge is -2.33. The Morgan fingerprint density at radius 3 is 2.60 bits per heavy atom. The van der Waals surface area contributed by atoms with Crippen LogP contribution in [0.1, 0.15) is 38.8 Å². The molecule has 3 rings (SSSR count). The van der Waals surface area contributed by atoms with Crippen LogP contribution in [-0.2, 0) is 14.3 Å². The Morgan fingerprint density at radius 2 is 2.00 bits per heavy atom. The number of halogens is 1. The molecule has 25 heavy (non-hydrogen) atoms. The lowest BCUT2D eigenvalue weighted by atomic mass is 9.94. The van der Waals surface area contributed by atoms with Gasteiger partial charge in [-0.15, -0.1) is 0 Å². The molecule has 1 amide bonds. The highest BCUT2D eigenvalue weighted by Gasteiger charge is 2.47. The van der Waals surface area contributed by atoms with Gasteiger partial charge in [0.05, 0.1) is 29.2 Å². The Kier molecular flexibility index (Phi) is 5.34. The molecule has 1 fully saturated rings. The maximum atomic E-state index is 12.9. The maximum Gasteiger partial charge on any atom is 0.338 e. The molecule has 132 valence electrons. The standard InChI is InChI=1S/C18H19BrN2O3S/c1-4-13-16(22)21-15(11-6-8-12(19)9-7-11)14(17(23)24-5-2)10(3)20-18(21)25-13/h6-9,13,15H,4-5H2,1-3H3. The number of aliphatic imine (C=N–C) groups is 1. The van der Waals surface area contributed by atoms with E-state index in [1.165, 1.54) is 11.8 Å². The second-order valence-electron chi connectivity index (χ2n) is 5.79. The molecule has 2 unspecified atom stereocenters. The summed E-state index contributed by atoms with van der Waals surface area (Å²) < 4.78 is 6.18. The van der Waals surface area contributed by atoms with Crippen LogP contribution in [0.15, 0.2) is 45.0 Å². The zero-order chi connectivity index (χ0) is 18.1. The summed E-state index contributed by atoms with van der Waals surface area (Å²) in [7, 11) is 0. The van der Waals surface area contributed by atoms with Gasteiger partial charge in [0.2, 0.25) is 5.91 Å². The molecular formula is C18H19BrN2O3S. The first-order valence-corrected chi connectivity index (χ1v) is 9.86. The number of esters is 1. The number of benzene rings is 1. The highest BCUT2D eigenvalue weighted by Crippen LogP contribution is 2.44. The normalized spacial score (nSPS) is 22.8. The summed E-state index contributed by atoms with van der Waals surface area (Å²) in [5, 5.41) is 0.501. The van der Waals surface area contributed by atoms with Gasteiger partial charge in [0.15, 0.2) is 5.17 Å². The maximum absolute atomic E-state index is 12.9. The van der Waals surface area contributed by atoms with Gasteiger partial charge in [-0.2, -0.15) is 0 Å². The predicted octanol–water partition coefficient (Wildman–Crippen LogP) is 4.05. The quantitative estimate of drug-likeness (QED) is 0.686. The van der Waals surface area contributed by atoms with E-state index < -0.39 is 12.0 Å². The minimum absolute atomic E-state index is 0.00605. The van der Waals surface area contributed by atoms with Crippen LogP contribution >= 0.6 is 27.7 Å². The van der Waals surface area contributed by atoms with Crippen molar-refractivity contribution in [3.8, 4) is 0 Å². The van der Waals surface area contributed by atoms with Gasteiger partial charge < -0.3 is 4.74 Å². The van der Waals surface area contributed by atoms with Crippen molar-refractivity contribution < 1.29 is 14.3 Å². The van der Waals surface area contributed by atoms with E-state index in [-0.39, 0.29) is 17.8 Å². The van der Waals surface area contributed by atoms with Crippen molar-refractivity contribution in [1.29, 1.82) is 0 Å². The number of fused-ring (bicyclic) bond motifs is 1. The van der Waals surface area contributed by atoms with Gasteiger partial charge in [-0.05, 0) is 38.0 Å². The Bertz CT molecular complexity index is 773. The van der Waals surface area contributed by atoms with Crippen LogP contribution in [0.5, 0.6) is 0 Å². The molecule has 0 saturated carbocycles. The minimum atomic E-state index is -0.504. The van der Waals surface area contributed by atoms with E-state index in [0.717, 1.165) is 16.5 Å². The van der Waals surface area contributed by atoms with Crippen LogP contribution in [0.3, 0.4) is 0 Å². The summed E-state index contributed by atoms with van der Waals surface area (Å²) in [6.07, 6.45) is 0.722. The van der Waals surface area contributed by atoms with Gasteiger partial charge in [-0.25, -0.2) is 9.79 Å².